The molecule has 0 radical (unpaired) electrons. The molecule has 2 rings (SSSR count). The van der Waals surface area contributed by atoms with E-state index in [0.29, 0.717) is 0 Å². The second kappa shape index (κ2) is 11.3. The van der Waals surface area contributed by atoms with Gasteiger partial charge in [-0.2, -0.15) is 0 Å². The number of carbonyl (C=O) groups is 2. The molecule has 0 saturated heterocycles. The molecule has 0 aliphatic heterocycles. The molecule has 0 aliphatic carbocycles. The second-order valence-corrected chi connectivity index (χ2v) is 10.2. The van der Waals surface area contributed by atoms with Crippen molar-refractivity contribution in [3.05, 3.63) is 65.5 Å². The fraction of sp³-hybridized carbons (Fsp3) is 0.417. The van der Waals surface area contributed by atoms with Gasteiger partial charge < -0.3 is 10.2 Å². The first kappa shape index (κ1) is 26.3. The zero-order chi connectivity index (χ0) is 24.8. The second-order valence-electron chi connectivity index (χ2n) is 8.25. The van der Waals surface area contributed by atoms with E-state index in [4.69, 9.17) is 0 Å². The zero-order valence-electron chi connectivity index (χ0n) is 19.7. The molecule has 0 aromatic heterocycles. The van der Waals surface area contributed by atoms with E-state index in [1.165, 1.54) is 17.0 Å². The first-order valence-corrected chi connectivity index (χ1v) is 12.7. The molecule has 7 nitrogen and oxygen atoms in total. The van der Waals surface area contributed by atoms with Crippen LogP contribution in [0.1, 0.15) is 38.3 Å². The van der Waals surface area contributed by atoms with Crippen LogP contribution in [0.25, 0.3) is 0 Å². The Labute approximate surface area is 195 Å². The van der Waals surface area contributed by atoms with Crippen LogP contribution >= 0.6 is 0 Å². The summed E-state index contributed by atoms with van der Waals surface area (Å²) in [4.78, 5) is 27.6. The fourth-order valence-electron chi connectivity index (χ4n) is 3.28. The molecule has 0 unspecified atom stereocenters. The summed E-state index contributed by atoms with van der Waals surface area (Å²) >= 11 is 0. The topological polar surface area (TPSA) is 86.8 Å². The van der Waals surface area contributed by atoms with E-state index in [-0.39, 0.29) is 24.2 Å². The van der Waals surface area contributed by atoms with E-state index < -0.39 is 34.3 Å². The van der Waals surface area contributed by atoms with Crippen molar-refractivity contribution in [2.45, 2.75) is 52.7 Å². The number of carbonyl (C=O) groups excluding carboxylic acids is 2. The predicted molar refractivity (Wildman–Crippen MR) is 128 cm³/mol. The molecular formula is C24H32FN3O4S. The molecule has 2 atom stereocenters. The summed E-state index contributed by atoms with van der Waals surface area (Å²) in [7, 11) is -3.85. The van der Waals surface area contributed by atoms with Gasteiger partial charge in [-0.25, -0.2) is 12.8 Å². The lowest BCUT2D eigenvalue weighted by Crippen LogP contribution is -2.52. The van der Waals surface area contributed by atoms with Gasteiger partial charge in [-0.15, -0.1) is 0 Å². The molecular weight excluding hydrogens is 445 g/mol. The molecule has 0 spiro atoms. The van der Waals surface area contributed by atoms with E-state index in [1.54, 1.807) is 6.92 Å². The Kier molecular flexibility index (Phi) is 8.99. The van der Waals surface area contributed by atoms with Gasteiger partial charge in [0.1, 0.15) is 18.4 Å². The lowest BCUT2D eigenvalue weighted by atomic mass is 10.1. The zero-order valence-corrected chi connectivity index (χ0v) is 20.5. The summed E-state index contributed by atoms with van der Waals surface area (Å²) in [6.45, 7) is 6.98. The molecule has 2 amide bonds. The van der Waals surface area contributed by atoms with Crippen LogP contribution in [0.5, 0.6) is 0 Å². The van der Waals surface area contributed by atoms with Crippen LogP contribution in [-0.4, -0.2) is 50.0 Å². The van der Waals surface area contributed by atoms with Gasteiger partial charge in [0.15, 0.2) is 0 Å². The van der Waals surface area contributed by atoms with Gasteiger partial charge in [-0.3, -0.25) is 13.9 Å². The van der Waals surface area contributed by atoms with Crippen LogP contribution in [0, 0.1) is 12.7 Å². The molecule has 2 aromatic rings. The summed E-state index contributed by atoms with van der Waals surface area (Å²) in [5.41, 5.74) is 1.99. The highest BCUT2D eigenvalue weighted by Crippen LogP contribution is 2.19. The third kappa shape index (κ3) is 7.56. The SMILES string of the molecule is CC[C@@H](C)NC(=O)[C@H](C)N(Cc1cccc(C)c1)C(=O)CN(c1ccc(F)cc1)S(C)(=O)=O. The summed E-state index contributed by atoms with van der Waals surface area (Å²) in [6.07, 6.45) is 1.71. The number of hydrogen-bond donors (Lipinski definition) is 1. The average Bonchev–Trinajstić information content (AvgIpc) is 2.75. The van der Waals surface area contributed by atoms with Crippen LogP contribution in [0.15, 0.2) is 48.5 Å². The number of nitrogens with one attached hydrogen (secondary N) is 1. The van der Waals surface area contributed by atoms with Crippen molar-refractivity contribution < 1.29 is 22.4 Å². The number of rotatable bonds is 10. The third-order valence-corrected chi connectivity index (χ3v) is 6.54. The number of amides is 2. The van der Waals surface area contributed by atoms with Crippen molar-refractivity contribution in [2.75, 3.05) is 17.1 Å². The molecule has 33 heavy (non-hydrogen) atoms. The molecule has 0 bridgehead atoms. The number of hydrogen-bond acceptors (Lipinski definition) is 4. The standard InChI is InChI=1S/C24H32FN3O4S/c1-6-18(3)26-24(30)19(4)27(15-20-9-7-8-17(2)14-20)23(29)16-28(33(5,31)32)22-12-10-21(25)11-13-22/h7-14,18-19H,6,15-16H2,1-5H3,(H,26,30)/t18-,19+/m1/s1. The molecule has 2 aromatic carbocycles. The molecule has 180 valence electrons. The third-order valence-electron chi connectivity index (χ3n) is 5.40. The Morgan fingerprint density at radius 2 is 1.73 bits per heavy atom. The average molecular weight is 478 g/mol. The van der Waals surface area contributed by atoms with E-state index in [1.807, 2.05) is 45.0 Å². The summed E-state index contributed by atoms with van der Waals surface area (Å²) in [5, 5.41) is 2.88. The van der Waals surface area contributed by atoms with Gasteiger partial charge in [0.25, 0.3) is 0 Å². The minimum atomic E-state index is -3.85. The van der Waals surface area contributed by atoms with Crippen LogP contribution in [0.3, 0.4) is 0 Å². The molecule has 9 heteroatoms. The van der Waals surface area contributed by atoms with Gasteiger partial charge in [0, 0.05) is 12.6 Å². The first-order valence-electron chi connectivity index (χ1n) is 10.8. The number of halogens is 1. The summed E-state index contributed by atoms with van der Waals surface area (Å²) in [5.74, 6) is -1.38. The van der Waals surface area contributed by atoms with Gasteiger partial charge in [-0.1, -0.05) is 36.8 Å². The van der Waals surface area contributed by atoms with E-state index >= 15 is 0 Å². The maximum absolute atomic E-state index is 13.4. The van der Waals surface area contributed by atoms with Crippen molar-refractivity contribution in [1.29, 1.82) is 0 Å². The van der Waals surface area contributed by atoms with Crippen molar-refractivity contribution >= 4 is 27.5 Å². The largest absolute Gasteiger partial charge is 0.352 e. The molecule has 1 N–H and O–H groups in total. The Morgan fingerprint density at radius 3 is 2.27 bits per heavy atom. The van der Waals surface area contributed by atoms with E-state index in [0.717, 1.165) is 40.2 Å². The maximum atomic E-state index is 13.4. The fourth-order valence-corrected chi connectivity index (χ4v) is 4.13. The number of benzene rings is 2. The smallest absolute Gasteiger partial charge is 0.244 e. The highest BCUT2D eigenvalue weighted by molar-refractivity contribution is 7.92. The minimum Gasteiger partial charge on any atom is -0.352 e. The number of sulfonamides is 1. The Hall–Kier alpha value is -2.94. The Morgan fingerprint density at radius 1 is 1.09 bits per heavy atom. The van der Waals surface area contributed by atoms with Crippen molar-refractivity contribution in [2.24, 2.45) is 0 Å². The molecule has 0 heterocycles. The van der Waals surface area contributed by atoms with E-state index in [9.17, 15) is 22.4 Å². The Bertz CT molecular complexity index is 1070. The highest BCUT2D eigenvalue weighted by Gasteiger charge is 2.30. The van der Waals surface area contributed by atoms with Gasteiger partial charge >= 0.3 is 0 Å². The summed E-state index contributed by atoms with van der Waals surface area (Å²) in [6, 6.07) is 11.5. The predicted octanol–water partition coefficient (Wildman–Crippen LogP) is 3.23. The van der Waals surface area contributed by atoms with Crippen LogP contribution in [0.2, 0.25) is 0 Å². The number of aryl methyl sites for hydroxylation is 1. The van der Waals surface area contributed by atoms with Crippen molar-refractivity contribution in [1.82, 2.24) is 10.2 Å². The lowest BCUT2D eigenvalue weighted by Gasteiger charge is -2.32. The molecule has 0 aliphatic rings. The first-order chi connectivity index (χ1) is 15.4. The lowest BCUT2D eigenvalue weighted by molar-refractivity contribution is -0.139. The number of anilines is 1. The van der Waals surface area contributed by atoms with Crippen LogP contribution in [0.4, 0.5) is 10.1 Å². The highest BCUT2D eigenvalue weighted by atomic mass is 32.2. The van der Waals surface area contributed by atoms with E-state index in [2.05, 4.69) is 5.32 Å². The quantitative estimate of drug-likeness (QED) is 0.569. The number of nitrogens with zero attached hydrogens (tertiary/aromatic N) is 2. The van der Waals surface area contributed by atoms with Crippen molar-refractivity contribution in [3.63, 3.8) is 0 Å². The van der Waals surface area contributed by atoms with Gasteiger partial charge in [0.2, 0.25) is 21.8 Å². The van der Waals surface area contributed by atoms with Crippen LogP contribution < -0.4 is 9.62 Å². The Balaban J connectivity index is 2.37. The normalized spacial score (nSPS) is 13.2. The molecule has 0 fully saturated rings. The summed E-state index contributed by atoms with van der Waals surface area (Å²) < 4.78 is 39.2. The van der Waals surface area contributed by atoms with Gasteiger partial charge in [-0.05, 0) is 57.0 Å². The molecule has 0 saturated carbocycles. The maximum Gasteiger partial charge on any atom is 0.244 e. The minimum absolute atomic E-state index is 0.0670. The van der Waals surface area contributed by atoms with Gasteiger partial charge in [0.05, 0.1) is 11.9 Å². The van der Waals surface area contributed by atoms with Crippen molar-refractivity contribution in [3.8, 4) is 0 Å². The monoisotopic (exact) mass is 477 g/mol. The van der Waals surface area contributed by atoms with Crippen LogP contribution in [-0.2, 0) is 26.2 Å².